The second-order valence-corrected chi connectivity index (χ2v) is 6.87. The molecule has 1 atom stereocenters. The topological polar surface area (TPSA) is 68.5 Å². The summed E-state index contributed by atoms with van der Waals surface area (Å²) in [5, 5.41) is 3.97. The van der Waals surface area contributed by atoms with Gasteiger partial charge in [-0.2, -0.15) is 18.2 Å². The highest BCUT2D eigenvalue weighted by Gasteiger charge is 2.37. The Labute approximate surface area is 170 Å². The maximum atomic E-state index is 13.0. The van der Waals surface area contributed by atoms with Gasteiger partial charge in [0, 0.05) is 24.2 Å². The van der Waals surface area contributed by atoms with Gasteiger partial charge in [-0.15, -0.1) is 0 Å². The van der Waals surface area contributed by atoms with E-state index in [1.165, 1.54) is 17.0 Å². The fraction of sp³-hybridized carbons (Fsp3) is 0.286. The summed E-state index contributed by atoms with van der Waals surface area (Å²) in [5.74, 6) is 0.693. The lowest BCUT2D eigenvalue weighted by Gasteiger charge is -2.17. The van der Waals surface area contributed by atoms with Crippen LogP contribution in [-0.2, 0) is 11.0 Å². The van der Waals surface area contributed by atoms with Gasteiger partial charge in [0.2, 0.25) is 17.6 Å². The van der Waals surface area contributed by atoms with Crippen LogP contribution in [0.25, 0.3) is 11.4 Å². The molecule has 2 aromatic carbocycles. The monoisotopic (exact) mass is 417 g/mol. The van der Waals surface area contributed by atoms with Crippen LogP contribution in [0.1, 0.15) is 30.7 Å². The Bertz CT molecular complexity index is 1050. The lowest BCUT2D eigenvalue weighted by molar-refractivity contribution is -0.137. The summed E-state index contributed by atoms with van der Waals surface area (Å²) >= 11 is 0. The minimum absolute atomic E-state index is 0.0845. The van der Waals surface area contributed by atoms with Gasteiger partial charge in [0.15, 0.2) is 0 Å². The van der Waals surface area contributed by atoms with Gasteiger partial charge in [0.25, 0.3) is 0 Å². The largest absolute Gasteiger partial charge is 0.494 e. The van der Waals surface area contributed by atoms with Crippen LogP contribution in [0.15, 0.2) is 53.1 Å². The van der Waals surface area contributed by atoms with Crippen molar-refractivity contribution in [3.8, 4) is 17.1 Å². The molecule has 0 bridgehead atoms. The molecule has 1 amide bonds. The number of alkyl halides is 3. The first kappa shape index (κ1) is 19.9. The molecule has 1 aliphatic heterocycles. The summed E-state index contributed by atoms with van der Waals surface area (Å²) in [6.45, 7) is 2.62. The van der Waals surface area contributed by atoms with E-state index in [0.29, 0.717) is 12.4 Å². The number of hydrogen-bond acceptors (Lipinski definition) is 5. The lowest BCUT2D eigenvalue weighted by atomic mass is 10.1. The van der Waals surface area contributed by atoms with Crippen LogP contribution in [-0.4, -0.2) is 29.2 Å². The van der Waals surface area contributed by atoms with Crippen LogP contribution in [0, 0.1) is 0 Å². The first-order valence-corrected chi connectivity index (χ1v) is 9.39. The molecule has 1 fully saturated rings. The predicted octanol–water partition coefficient (Wildman–Crippen LogP) is 4.67. The zero-order chi connectivity index (χ0) is 21.3. The Morgan fingerprint density at radius 1 is 1.20 bits per heavy atom. The minimum Gasteiger partial charge on any atom is -0.494 e. The van der Waals surface area contributed by atoms with Gasteiger partial charge in [0.1, 0.15) is 5.75 Å². The summed E-state index contributed by atoms with van der Waals surface area (Å²) in [5.41, 5.74) is 0.128. The fourth-order valence-corrected chi connectivity index (χ4v) is 3.36. The number of nitrogens with zero attached hydrogens (tertiary/aromatic N) is 3. The molecule has 1 aliphatic rings. The van der Waals surface area contributed by atoms with Crippen LogP contribution < -0.4 is 9.64 Å². The third-order valence-corrected chi connectivity index (χ3v) is 4.82. The molecular formula is C21H18F3N3O3. The summed E-state index contributed by atoms with van der Waals surface area (Å²) in [6, 6.07) is 11.9. The van der Waals surface area contributed by atoms with E-state index in [1.807, 2.05) is 6.92 Å². The summed E-state index contributed by atoms with van der Waals surface area (Å²) in [7, 11) is 0. The van der Waals surface area contributed by atoms with E-state index in [0.717, 1.165) is 23.4 Å². The normalized spacial score (nSPS) is 16.9. The van der Waals surface area contributed by atoms with Gasteiger partial charge in [-0.1, -0.05) is 11.2 Å². The Morgan fingerprint density at radius 3 is 2.67 bits per heavy atom. The fourth-order valence-electron chi connectivity index (χ4n) is 3.36. The van der Waals surface area contributed by atoms with E-state index < -0.39 is 17.7 Å². The number of halogens is 3. The van der Waals surface area contributed by atoms with Crippen molar-refractivity contribution in [2.45, 2.75) is 25.4 Å². The van der Waals surface area contributed by atoms with E-state index in [2.05, 4.69) is 10.1 Å². The number of rotatable bonds is 5. The van der Waals surface area contributed by atoms with Crippen LogP contribution in [0.2, 0.25) is 0 Å². The number of carbonyl (C=O) groups is 1. The van der Waals surface area contributed by atoms with Gasteiger partial charge in [0.05, 0.1) is 18.1 Å². The summed E-state index contributed by atoms with van der Waals surface area (Å²) in [4.78, 5) is 18.1. The average Bonchev–Trinajstić information content (AvgIpc) is 3.35. The van der Waals surface area contributed by atoms with Gasteiger partial charge in [-0.3, -0.25) is 4.79 Å². The molecule has 0 radical (unpaired) electrons. The average molecular weight is 417 g/mol. The molecule has 4 rings (SSSR count). The zero-order valence-corrected chi connectivity index (χ0v) is 16.0. The Morgan fingerprint density at radius 2 is 1.97 bits per heavy atom. The predicted molar refractivity (Wildman–Crippen MR) is 102 cm³/mol. The van der Waals surface area contributed by atoms with Crippen LogP contribution in [0.5, 0.6) is 5.75 Å². The molecule has 1 unspecified atom stereocenters. The van der Waals surface area contributed by atoms with Crippen molar-refractivity contribution in [1.29, 1.82) is 0 Å². The summed E-state index contributed by atoms with van der Waals surface area (Å²) < 4.78 is 49.7. The standard InChI is InChI=1S/C21H18F3N3O3/c1-2-29-17-8-6-13(7-9-17)19-25-20(30-26-19)14-10-18(28)27(12-14)16-5-3-4-15(11-16)21(22,23)24/h3-9,11,14H,2,10,12H2,1H3. The maximum absolute atomic E-state index is 13.0. The molecule has 6 nitrogen and oxygen atoms in total. The molecule has 1 saturated heterocycles. The maximum Gasteiger partial charge on any atom is 0.416 e. The highest BCUT2D eigenvalue weighted by Crippen LogP contribution is 2.35. The molecule has 0 saturated carbocycles. The Hall–Kier alpha value is -3.36. The number of anilines is 1. The number of ether oxygens (including phenoxy) is 1. The molecule has 0 spiro atoms. The van der Waals surface area contributed by atoms with Crippen molar-refractivity contribution in [3.63, 3.8) is 0 Å². The first-order chi connectivity index (χ1) is 14.3. The smallest absolute Gasteiger partial charge is 0.416 e. The quantitative estimate of drug-likeness (QED) is 0.603. The van der Waals surface area contributed by atoms with Gasteiger partial charge in [-0.05, 0) is 49.4 Å². The van der Waals surface area contributed by atoms with Gasteiger partial charge in [-0.25, -0.2) is 0 Å². The van der Waals surface area contributed by atoms with Crippen LogP contribution >= 0.6 is 0 Å². The third kappa shape index (κ3) is 4.00. The van der Waals surface area contributed by atoms with E-state index in [4.69, 9.17) is 9.26 Å². The van der Waals surface area contributed by atoms with E-state index in [9.17, 15) is 18.0 Å². The van der Waals surface area contributed by atoms with Crippen molar-refractivity contribution in [2.24, 2.45) is 0 Å². The highest BCUT2D eigenvalue weighted by molar-refractivity contribution is 5.96. The molecule has 0 N–H and O–H groups in total. The van der Waals surface area contributed by atoms with Crippen molar-refractivity contribution in [3.05, 3.63) is 60.0 Å². The summed E-state index contributed by atoms with van der Waals surface area (Å²) in [6.07, 6.45) is -4.39. The molecule has 156 valence electrons. The number of aromatic nitrogens is 2. The highest BCUT2D eigenvalue weighted by atomic mass is 19.4. The Balaban J connectivity index is 1.51. The molecule has 2 heterocycles. The molecule has 30 heavy (non-hydrogen) atoms. The van der Waals surface area contributed by atoms with Gasteiger partial charge >= 0.3 is 6.18 Å². The zero-order valence-electron chi connectivity index (χ0n) is 16.0. The molecule has 0 aliphatic carbocycles. The second-order valence-electron chi connectivity index (χ2n) is 6.87. The number of hydrogen-bond donors (Lipinski definition) is 0. The SMILES string of the molecule is CCOc1ccc(-c2noc(C3CC(=O)N(c4cccc(C(F)(F)F)c4)C3)n2)cc1. The van der Waals surface area contributed by atoms with Crippen molar-refractivity contribution in [1.82, 2.24) is 10.1 Å². The lowest BCUT2D eigenvalue weighted by Crippen LogP contribution is -2.24. The van der Waals surface area contributed by atoms with Crippen LogP contribution in [0.3, 0.4) is 0 Å². The molecule has 1 aromatic heterocycles. The number of carbonyl (C=O) groups excluding carboxylic acids is 1. The van der Waals surface area contributed by atoms with E-state index >= 15 is 0 Å². The third-order valence-electron chi connectivity index (χ3n) is 4.82. The minimum atomic E-state index is -4.47. The second kappa shape index (κ2) is 7.81. The number of amides is 1. The number of benzene rings is 2. The van der Waals surface area contributed by atoms with E-state index in [-0.39, 0.29) is 30.5 Å². The molecule has 3 aromatic rings. The Kier molecular flexibility index (Phi) is 5.19. The van der Waals surface area contributed by atoms with E-state index in [1.54, 1.807) is 24.3 Å². The van der Waals surface area contributed by atoms with Crippen molar-refractivity contribution < 1.29 is 27.2 Å². The van der Waals surface area contributed by atoms with Crippen LogP contribution in [0.4, 0.5) is 18.9 Å². The van der Waals surface area contributed by atoms with Crippen molar-refractivity contribution >= 4 is 11.6 Å². The van der Waals surface area contributed by atoms with Gasteiger partial charge < -0.3 is 14.2 Å². The van der Waals surface area contributed by atoms with Crippen molar-refractivity contribution in [2.75, 3.05) is 18.1 Å². The molecule has 9 heteroatoms. The first-order valence-electron chi connectivity index (χ1n) is 9.39. The molecular weight excluding hydrogens is 399 g/mol.